The van der Waals surface area contributed by atoms with E-state index >= 15 is 0 Å². The lowest BCUT2D eigenvalue weighted by Crippen LogP contribution is -3.00. The third-order valence-electron chi connectivity index (χ3n) is 5.34. The molecule has 3 nitrogen and oxygen atoms in total. The van der Waals surface area contributed by atoms with E-state index in [9.17, 15) is 5.11 Å². The Kier molecular flexibility index (Phi) is 8.69. The number of aliphatic hydroxyl groups is 1. The summed E-state index contributed by atoms with van der Waals surface area (Å²) >= 11 is 0. The first kappa shape index (κ1) is 20.2. The van der Waals surface area contributed by atoms with Gasteiger partial charge in [-0.3, -0.25) is 0 Å². The molecule has 0 amide bonds. The Hall–Kier alpha value is 0.170. The second-order valence-electron chi connectivity index (χ2n) is 8.19. The quantitative estimate of drug-likeness (QED) is 0.794. The summed E-state index contributed by atoms with van der Waals surface area (Å²) in [7, 11) is 0. The Morgan fingerprint density at radius 3 is 2.18 bits per heavy atom. The van der Waals surface area contributed by atoms with Crippen molar-refractivity contribution in [2.45, 2.75) is 77.9 Å². The summed E-state index contributed by atoms with van der Waals surface area (Å²) in [4.78, 5) is 2.38. The number of likely N-dealkylation sites (tertiary alicyclic amines) is 1. The summed E-state index contributed by atoms with van der Waals surface area (Å²) in [5.41, 5.74) is 0.429. The lowest BCUT2D eigenvalue weighted by atomic mass is 9.72. The maximum absolute atomic E-state index is 10.1. The number of halogens is 1. The Labute approximate surface area is 143 Å². The number of ether oxygens (including phenoxy) is 1. The number of β-amino-alcohol motifs (C(OH)–C–C–N with tert-alkyl or cyclic N) is 1. The van der Waals surface area contributed by atoms with Crippen molar-refractivity contribution in [3.63, 3.8) is 0 Å². The molecule has 1 atom stereocenters. The van der Waals surface area contributed by atoms with Crippen molar-refractivity contribution in [3.05, 3.63) is 0 Å². The minimum Gasteiger partial charge on any atom is -1.00 e. The van der Waals surface area contributed by atoms with Crippen LogP contribution in [-0.2, 0) is 4.74 Å². The van der Waals surface area contributed by atoms with Crippen LogP contribution in [0, 0.1) is 11.3 Å². The van der Waals surface area contributed by atoms with Crippen molar-refractivity contribution >= 4 is 0 Å². The Morgan fingerprint density at radius 2 is 1.64 bits per heavy atom. The first-order valence-electron chi connectivity index (χ1n) is 8.97. The van der Waals surface area contributed by atoms with Crippen LogP contribution in [0.5, 0.6) is 0 Å². The summed E-state index contributed by atoms with van der Waals surface area (Å²) in [5, 5.41) is 10.1. The van der Waals surface area contributed by atoms with Crippen LogP contribution in [0.1, 0.15) is 65.7 Å². The van der Waals surface area contributed by atoms with E-state index in [1.807, 2.05) is 0 Å². The van der Waals surface area contributed by atoms with Crippen molar-refractivity contribution in [1.29, 1.82) is 0 Å². The smallest absolute Gasteiger partial charge is 0.0900 e. The average Bonchev–Trinajstić information content (AvgIpc) is 2.46. The van der Waals surface area contributed by atoms with Gasteiger partial charge in [-0.1, -0.05) is 27.2 Å². The molecule has 1 saturated heterocycles. The molecular formula is C18H35ClNO2-. The van der Waals surface area contributed by atoms with Crippen LogP contribution < -0.4 is 12.4 Å². The largest absolute Gasteiger partial charge is 1.00 e. The maximum Gasteiger partial charge on any atom is 0.0900 e. The Morgan fingerprint density at radius 1 is 1.05 bits per heavy atom. The molecule has 4 heteroatoms. The third kappa shape index (κ3) is 6.74. The van der Waals surface area contributed by atoms with Gasteiger partial charge in [0.05, 0.1) is 18.8 Å². The Balaban J connectivity index is 0.00000242. The highest BCUT2D eigenvalue weighted by atomic mass is 35.5. The van der Waals surface area contributed by atoms with Gasteiger partial charge in [-0.05, 0) is 62.9 Å². The number of piperidine rings is 1. The fraction of sp³-hybridized carbons (Fsp3) is 1.00. The molecule has 1 saturated carbocycles. The van der Waals surface area contributed by atoms with E-state index in [2.05, 4.69) is 25.7 Å². The van der Waals surface area contributed by atoms with Gasteiger partial charge in [-0.2, -0.15) is 0 Å². The van der Waals surface area contributed by atoms with Gasteiger partial charge in [-0.15, -0.1) is 0 Å². The van der Waals surface area contributed by atoms with Crippen molar-refractivity contribution in [3.8, 4) is 0 Å². The fourth-order valence-corrected chi connectivity index (χ4v) is 3.84. The van der Waals surface area contributed by atoms with Crippen molar-refractivity contribution in [1.82, 2.24) is 4.90 Å². The summed E-state index contributed by atoms with van der Waals surface area (Å²) < 4.78 is 5.97. The molecule has 132 valence electrons. The zero-order valence-electron chi connectivity index (χ0n) is 14.7. The van der Waals surface area contributed by atoms with Crippen LogP contribution in [0.25, 0.3) is 0 Å². The zero-order valence-corrected chi connectivity index (χ0v) is 15.4. The zero-order chi connectivity index (χ0) is 15.3. The molecule has 0 aromatic carbocycles. The van der Waals surface area contributed by atoms with E-state index in [-0.39, 0.29) is 18.5 Å². The highest BCUT2D eigenvalue weighted by Gasteiger charge is 2.30. The molecule has 0 aromatic heterocycles. The molecule has 1 N–H and O–H groups in total. The van der Waals surface area contributed by atoms with Gasteiger partial charge in [-0.25, -0.2) is 0 Å². The van der Waals surface area contributed by atoms with Gasteiger partial charge in [0, 0.05) is 6.54 Å². The normalized spacial score (nSPS) is 28.9. The lowest BCUT2D eigenvalue weighted by Gasteiger charge is -2.37. The minimum absolute atomic E-state index is 0. The highest BCUT2D eigenvalue weighted by molar-refractivity contribution is 4.81. The molecule has 22 heavy (non-hydrogen) atoms. The monoisotopic (exact) mass is 332 g/mol. The SMILES string of the molecule is CC(C)(C)C1CCC(OCC(O)CN2CCCCC2)CC1.[Cl-]. The standard InChI is InChI=1S/C18H35NO2.ClH/c1-18(2,3)15-7-9-17(10-8-15)21-14-16(20)13-19-11-5-4-6-12-19;/h15-17,20H,4-14H2,1-3H3;1H/p-1. The lowest BCUT2D eigenvalue weighted by molar-refractivity contribution is -0.0454. The number of aliphatic hydroxyl groups excluding tert-OH is 1. The molecule has 2 aliphatic rings. The molecule has 0 spiro atoms. The summed E-state index contributed by atoms with van der Waals surface area (Å²) in [5.74, 6) is 0.829. The topological polar surface area (TPSA) is 32.7 Å². The summed E-state index contributed by atoms with van der Waals surface area (Å²) in [6, 6.07) is 0. The molecule has 1 aliphatic carbocycles. The first-order chi connectivity index (χ1) is 9.95. The van der Waals surface area contributed by atoms with E-state index in [0.717, 1.165) is 25.6 Å². The average molecular weight is 333 g/mol. The van der Waals surface area contributed by atoms with Gasteiger partial charge >= 0.3 is 0 Å². The number of hydrogen-bond acceptors (Lipinski definition) is 3. The Bertz CT molecular complexity index is 292. The van der Waals surface area contributed by atoms with E-state index in [1.54, 1.807) is 0 Å². The second-order valence-corrected chi connectivity index (χ2v) is 8.19. The van der Waals surface area contributed by atoms with Crippen molar-refractivity contribution in [2.75, 3.05) is 26.2 Å². The van der Waals surface area contributed by atoms with Crippen molar-refractivity contribution in [2.24, 2.45) is 11.3 Å². The van der Waals surface area contributed by atoms with Gasteiger partial charge in [0.25, 0.3) is 0 Å². The molecule has 2 rings (SSSR count). The third-order valence-corrected chi connectivity index (χ3v) is 5.34. The molecule has 0 aromatic rings. The molecule has 0 bridgehead atoms. The summed E-state index contributed by atoms with van der Waals surface area (Å²) in [6.45, 7) is 10.6. The second kappa shape index (κ2) is 9.46. The van der Waals surface area contributed by atoms with Gasteiger partial charge < -0.3 is 27.2 Å². The van der Waals surface area contributed by atoms with Gasteiger partial charge in [0.1, 0.15) is 0 Å². The van der Waals surface area contributed by atoms with E-state index in [0.29, 0.717) is 18.1 Å². The predicted octanol–water partition coefficient (Wildman–Crippen LogP) is 0.459. The molecule has 1 aliphatic heterocycles. The van der Waals surface area contributed by atoms with Crippen LogP contribution in [-0.4, -0.2) is 48.5 Å². The van der Waals surface area contributed by atoms with Crippen LogP contribution in [0.15, 0.2) is 0 Å². The fourth-order valence-electron chi connectivity index (χ4n) is 3.84. The minimum atomic E-state index is -0.316. The van der Waals surface area contributed by atoms with E-state index in [1.165, 1.54) is 44.9 Å². The maximum atomic E-state index is 10.1. The van der Waals surface area contributed by atoms with Crippen LogP contribution in [0.3, 0.4) is 0 Å². The van der Waals surface area contributed by atoms with Crippen LogP contribution >= 0.6 is 0 Å². The number of hydrogen-bond donors (Lipinski definition) is 1. The highest BCUT2D eigenvalue weighted by Crippen LogP contribution is 2.38. The predicted molar refractivity (Wildman–Crippen MR) is 87.5 cm³/mol. The van der Waals surface area contributed by atoms with Crippen LogP contribution in [0.2, 0.25) is 0 Å². The molecule has 0 radical (unpaired) electrons. The van der Waals surface area contributed by atoms with Crippen molar-refractivity contribution < 1.29 is 22.3 Å². The molecule has 2 fully saturated rings. The van der Waals surface area contributed by atoms with Gasteiger partial charge in [0.2, 0.25) is 0 Å². The molecule has 1 unspecified atom stereocenters. The first-order valence-corrected chi connectivity index (χ1v) is 8.97. The number of rotatable bonds is 5. The summed E-state index contributed by atoms with van der Waals surface area (Å²) in [6.07, 6.45) is 8.85. The van der Waals surface area contributed by atoms with E-state index < -0.39 is 0 Å². The van der Waals surface area contributed by atoms with Crippen LogP contribution in [0.4, 0.5) is 0 Å². The van der Waals surface area contributed by atoms with E-state index in [4.69, 9.17) is 4.74 Å². The molecular weight excluding hydrogens is 298 g/mol. The molecule has 1 heterocycles. The number of nitrogens with zero attached hydrogens (tertiary/aromatic N) is 1. The van der Waals surface area contributed by atoms with Gasteiger partial charge in [0.15, 0.2) is 0 Å².